The number of furan rings is 2. The second-order valence-corrected chi connectivity index (χ2v) is 13.9. The van der Waals surface area contributed by atoms with Gasteiger partial charge in [0.25, 0.3) is 0 Å². The summed E-state index contributed by atoms with van der Waals surface area (Å²) in [6.45, 7) is 0. The third-order valence-corrected chi connectivity index (χ3v) is 10.6. The Kier molecular flexibility index (Phi) is 7.42. The molecule has 0 aliphatic rings. The van der Waals surface area contributed by atoms with Gasteiger partial charge in [0, 0.05) is 43.8 Å². The van der Waals surface area contributed by atoms with Crippen molar-refractivity contribution in [2.24, 2.45) is 0 Å². The Morgan fingerprint density at radius 2 is 0.750 bits per heavy atom. The van der Waals surface area contributed by atoms with E-state index in [1.165, 1.54) is 0 Å². The lowest BCUT2D eigenvalue weighted by Gasteiger charge is -2.17. The van der Waals surface area contributed by atoms with E-state index in [0.29, 0.717) is 17.5 Å². The van der Waals surface area contributed by atoms with Crippen LogP contribution in [-0.2, 0) is 0 Å². The molecule has 0 N–H and O–H groups in total. The molecule has 0 unspecified atom stereocenters. The van der Waals surface area contributed by atoms with E-state index in [0.717, 1.165) is 93.9 Å². The first kappa shape index (κ1) is 31.9. The molecule has 0 aliphatic heterocycles. The molecule has 5 nitrogen and oxygen atoms in total. The molecule has 11 rings (SSSR count). The largest absolute Gasteiger partial charge is 0.456 e. The molecule has 0 fully saturated rings. The SMILES string of the molecule is c1ccc(-c2nc(-c3ccccc3)nc(-c3ccc(-c4c(-c5ccc6oc7ccccc7c6c5)cccc4-c4cccc5c4oc4ccccc45)cc3)n2)cc1. The van der Waals surface area contributed by atoms with Gasteiger partial charge < -0.3 is 8.83 Å². The molecule has 5 heteroatoms. The van der Waals surface area contributed by atoms with E-state index in [1.54, 1.807) is 0 Å². The molecule has 0 atom stereocenters. The molecule has 262 valence electrons. The van der Waals surface area contributed by atoms with Crippen LogP contribution in [0.5, 0.6) is 0 Å². The first-order valence-corrected chi connectivity index (χ1v) is 18.7. The highest BCUT2D eigenvalue weighted by atomic mass is 16.3. The average Bonchev–Trinajstić information content (AvgIpc) is 3.85. The molecular weight excluding hydrogens is 687 g/mol. The molecule has 0 aliphatic carbocycles. The molecule has 3 aromatic heterocycles. The van der Waals surface area contributed by atoms with Gasteiger partial charge in [-0.05, 0) is 52.1 Å². The summed E-state index contributed by atoms with van der Waals surface area (Å²) < 4.78 is 12.8. The van der Waals surface area contributed by atoms with Crippen LogP contribution >= 0.6 is 0 Å². The van der Waals surface area contributed by atoms with Gasteiger partial charge in [-0.3, -0.25) is 0 Å². The van der Waals surface area contributed by atoms with Crippen LogP contribution in [0.3, 0.4) is 0 Å². The van der Waals surface area contributed by atoms with Crippen molar-refractivity contribution < 1.29 is 8.83 Å². The summed E-state index contributed by atoms with van der Waals surface area (Å²) in [7, 11) is 0. The molecule has 11 aromatic rings. The van der Waals surface area contributed by atoms with Crippen molar-refractivity contribution in [2.75, 3.05) is 0 Å². The Labute approximate surface area is 322 Å². The number of rotatable bonds is 6. The summed E-state index contributed by atoms with van der Waals surface area (Å²) in [5.41, 5.74) is 12.7. The summed E-state index contributed by atoms with van der Waals surface area (Å²) in [4.78, 5) is 14.9. The van der Waals surface area contributed by atoms with Crippen LogP contribution in [0.4, 0.5) is 0 Å². The Morgan fingerprint density at radius 3 is 1.43 bits per heavy atom. The zero-order chi connectivity index (χ0) is 37.0. The first-order valence-electron chi connectivity index (χ1n) is 18.7. The fourth-order valence-corrected chi connectivity index (χ4v) is 7.90. The molecular formula is C51H31N3O2. The molecule has 0 bridgehead atoms. The minimum Gasteiger partial charge on any atom is -0.456 e. The highest BCUT2D eigenvalue weighted by molar-refractivity contribution is 6.12. The normalized spacial score (nSPS) is 11.6. The summed E-state index contributed by atoms with van der Waals surface area (Å²) in [5, 5.41) is 4.38. The number of para-hydroxylation sites is 3. The third kappa shape index (κ3) is 5.37. The van der Waals surface area contributed by atoms with Crippen molar-refractivity contribution >= 4 is 43.9 Å². The van der Waals surface area contributed by atoms with Crippen molar-refractivity contribution in [3.8, 4) is 67.5 Å². The van der Waals surface area contributed by atoms with E-state index in [2.05, 4.69) is 103 Å². The lowest BCUT2D eigenvalue weighted by Crippen LogP contribution is -2.00. The monoisotopic (exact) mass is 717 g/mol. The van der Waals surface area contributed by atoms with Gasteiger partial charge in [0.1, 0.15) is 22.3 Å². The van der Waals surface area contributed by atoms with Crippen molar-refractivity contribution in [2.45, 2.75) is 0 Å². The topological polar surface area (TPSA) is 65.0 Å². The van der Waals surface area contributed by atoms with Crippen LogP contribution < -0.4 is 0 Å². The number of nitrogens with zero attached hydrogens (tertiary/aromatic N) is 3. The molecule has 3 heterocycles. The number of aromatic nitrogens is 3. The predicted molar refractivity (Wildman–Crippen MR) is 227 cm³/mol. The van der Waals surface area contributed by atoms with Gasteiger partial charge in [-0.25, -0.2) is 15.0 Å². The van der Waals surface area contributed by atoms with Crippen LogP contribution in [0.25, 0.3) is 111 Å². The van der Waals surface area contributed by atoms with E-state index in [-0.39, 0.29) is 0 Å². The average molecular weight is 718 g/mol. The van der Waals surface area contributed by atoms with Crippen LogP contribution in [0.2, 0.25) is 0 Å². The minimum atomic E-state index is 0.613. The zero-order valence-electron chi connectivity index (χ0n) is 30.1. The second-order valence-electron chi connectivity index (χ2n) is 13.9. The minimum absolute atomic E-state index is 0.613. The molecule has 0 amide bonds. The summed E-state index contributed by atoms with van der Waals surface area (Å²) in [6.07, 6.45) is 0. The lowest BCUT2D eigenvalue weighted by atomic mass is 9.86. The maximum absolute atomic E-state index is 6.61. The molecule has 0 saturated carbocycles. The van der Waals surface area contributed by atoms with Crippen LogP contribution in [0, 0.1) is 0 Å². The first-order chi connectivity index (χ1) is 27.7. The van der Waals surface area contributed by atoms with Gasteiger partial charge in [0.15, 0.2) is 17.5 Å². The van der Waals surface area contributed by atoms with Crippen LogP contribution in [0.1, 0.15) is 0 Å². The zero-order valence-corrected chi connectivity index (χ0v) is 30.1. The molecule has 0 radical (unpaired) electrons. The molecule has 56 heavy (non-hydrogen) atoms. The Balaban J connectivity index is 1.11. The number of hydrogen-bond acceptors (Lipinski definition) is 5. The van der Waals surface area contributed by atoms with Crippen molar-refractivity contribution in [1.29, 1.82) is 0 Å². The number of fused-ring (bicyclic) bond motifs is 6. The van der Waals surface area contributed by atoms with Gasteiger partial charge >= 0.3 is 0 Å². The maximum Gasteiger partial charge on any atom is 0.164 e. The highest BCUT2D eigenvalue weighted by Gasteiger charge is 2.20. The van der Waals surface area contributed by atoms with Gasteiger partial charge in [0.05, 0.1) is 0 Å². The second kappa shape index (κ2) is 13.0. The number of hydrogen-bond donors (Lipinski definition) is 0. The van der Waals surface area contributed by atoms with E-state index in [4.69, 9.17) is 23.8 Å². The summed E-state index contributed by atoms with van der Waals surface area (Å²) >= 11 is 0. The van der Waals surface area contributed by atoms with Crippen LogP contribution in [-0.4, -0.2) is 15.0 Å². The van der Waals surface area contributed by atoms with Gasteiger partial charge in [0.2, 0.25) is 0 Å². The maximum atomic E-state index is 6.61. The molecule has 0 saturated heterocycles. The van der Waals surface area contributed by atoms with Gasteiger partial charge in [-0.15, -0.1) is 0 Å². The van der Waals surface area contributed by atoms with Crippen molar-refractivity contribution in [3.63, 3.8) is 0 Å². The lowest BCUT2D eigenvalue weighted by molar-refractivity contribution is 0.669. The van der Waals surface area contributed by atoms with E-state index < -0.39 is 0 Å². The van der Waals surface area contributed by atoms with Crippen LogP contribution in [0.15, 0.2) is 197 Å². The fourth-order valence-electron chi connectivity index (χ4n) is 7.90. The van der Waals surface area contributed by atoms with E-state index in [1.807, 2.05) is 84.9 Å². The number of benzene rings is 8. The van der Waals surface area contributed by atoms with Gasteiger partial charge in [-0.1, -0.05) is 164 Å². The summed E-state index contributed by atoms with van der Waals surface area (Å²) in [6, 6.07) is 64.6. The Morgan fingerprint density at radius 1 is 0.286 bits per heavy atom. The Bertz CT molecular complexity index is 3180. The van der Waals surface area contributed by atoms with E-state index in [9.17, 15) is 0 Å². The molecule has 8 aromatic carbocycles. The smallest absolute Gasteiger partial charge is 0.164 e. The molecule has 0 spiro atoms. The Hall–Kier alpha value is -7.63. The predicted octanol–water partition coefficient (Wildman–Crippen LogP) is 13.7. The van der Waals surface area contributed by atoms with Crippen molar-refractivity contribution in [3.05, 3.63) is 188 Å². The highest BCUT2D eigenvalue weighted by Crippen LogP contribution is 2.45. The standard InChI is InChI=1S/C51H31N3O2/c1-3-13-33(14-4-1)49-52-50(34-15-5-2-6-16-34)54-51(53-49)35-27-25-32(26-28-35)47-37(36-29-30-46-43(31-36)39-18-8-9-23-44(39)55-46)19-11-20-40(47)42-22-12-21-41-38-17-7-10-24-45(38)56-48(41)42/h1-31H. The summed E-state index contributed by atoms with van der Waals surface area (Å²) in [5.74, 6) is 1.88. The third-order valence-electron chi connectivity index (χ3n) is 10.6. The van der Waals surface area contributed by atoms with Gasteiger partial charge in [-0.2, -0.15) is 0 Å². The quantitative estimate of drug-likeness (QED) is 0.171. The fraction of sp³-hybridized carbons (Fsp3) is 0. The van der Waals surface area contributed by atoms with E-state index >= 15 is 0 Å². The van der Waals surface area contributed by atoms with Crippen molar-refractivity contribution in [1.82, 2.24) is 15.0 Å².